The van der Waals surface area contributed by atoms with Gasteiger partial charge in [0.2, 0.25) is 0 Å². The van der Waals surface area contributed by atoms with Gasteiger partial charge >= 0.3 is 6.03 Å². The zero-order valence-corrected chi connectivity index (χ0v) is 14.2. The molecule has 1 N–H and O–H groups in total. The standard InChI is InChI=1S/C19H26N2O3/c1-14-13-16(14)17(15-5-3-2-4-6-15)20-18(22)21-9-7-19(8-10-21)23-11-12-24-19/h2-6,14,16-17H,7-13H2,1H3,(H,20,22)/t14-,16+,17+/m1/s1. The molecule has 2 heterocycles. The molecule has 5 heteroatoms. The average Bonchev–Trinajstić information content (AvgIpc) is 3.16. The molecule has 1 aliphatic carbocycles. The van der Waals surface area contributed by atoms with Crippen molar-refractivity contribution < 1.29 is 14.3 Å². The van der Waals surface area contributed by atoms with E-state index >= 15 is 0 Å². The first-order valence-electron chi connectivity index (χ1n) is 9.05. The average molecular weight is 330 g/mol. The summed E-state index contributed by atoms with van der Waals surface area (Å²) in [7, 11) is 0. The molecule has 0 unspecified atom stereocenters. The number of nitrogens with one attached hydrogen (secondary N) is 1. The number of hydrogen-bond donors (Lipinski definition) is 1. The fourth-order valence-corrected chi connectivity index (χ4v) is 3.97. The third-order valence-electron chi connectivity index (χ3n) is 5.66. The molecule has 5 nitrogen and oxygen atoms in total. The third-order valence-corrected chi connectivity index (χ3v) is 5.66. The van der Waals surface area contributed by atoms with Gasteiger partial charge in [0, 0.05) is 25.9 Å². The number of carbonyl (C=O) groups excluding carboxylic acids is 1. The smallest absolute Gasteiger partial charge is 0.317 e. The van der Waals surface area contributed by atoms with E-state index in [1.165, 1.54) is 12.0 Å². The van der Waals surface area contributed by atoms with E-state index in [4.69, 9.17) is 9.47 Å². The van der Waals surface area contributed by atoms with Crippen molar-refractivity contribution >= 4 is 6.03 Å². The van der Waals surface area contributed by atoms with Crippen LogP contribution in [0.1, 0.15) is 37.8 Å². The molecular formula is C19H26N2O3. The molecule has 1 saturated carbocycles. The van der Waals surface area contributed by atoms with Crippen LogP contribution in [0.2, 0.25) is 0 Å². The molecule has 2 amide bonds. The Hall–Kier alpha value is -1.59. The van der Waals surface area contributed by atoms with E-state index in [-0.39, 0.29) is 12.1 Å². The van der Waals surface area contributed by atoms with Crippen LogP contribution in [0.15, 0.2) is 30.3 Å². The summed E-state index contributed by atoms with van der Waals surface area (Å²) in [5.41, 5.74) is 1.20. The van der Waals surface area contributed by atoms with Gasteiger partial charge in [0.1, 0.15) is 0 Å². The maximum Gasteiger partial charge on any atom is 0.317 e. The Morgan fingerprint density at radius 2 is 1.83 bits per heavy atom. The lowest BCUT2D eigenvalue weighted by atomic mass is 10.0. The number of nitrogens with zero attached hydrogens (tertiary/aromatic N) is 1. The van der Waals surface area contributed by atoms with Crippen LogP contribution in [0.3, 0.4) is 0 Å². The number of rotatable bonds is 3. The van der Waals surface area contributed by atoms with Gasteiger partial charge in [-0.05, 0) is 23.8 Å². The molecule has 1 spiro atoms. The molecular weight excluding hydrogens is 304 g/mol. The van der Waals surface area contributed by atoms with E-state index in [9.17, 15) is 4.79 Å². The number of hydrogen-bond acceptors (Lipinski definition) is 3. The minimum Gasteiger partial charge on any atom is -0.347 e. The van der Waals surface area contributed by atoms with Gasteiger partial charge in [-0.3, -0.25) is 0 Å². The number of urea groups is 1. The van der Waals surface area contributed by atoms with Crippen LogP contribution >= 0.6 is 0 Å². The quantitative estimate of drug-likeness (QED) is 0.927. The third kappa shape index (κ3) is 3.15. The van der Waals surface area contributed by atoms with Crippen LogP contribution in [-0.4, -0.2) is 43.0 Å². The number of piperidine rings is 1. The van der Waals surface area contributed by atoms with Crippen molar-refractivity contribution in [2.24, 2.45) is 11.8 Å². The molecule has 3 aliphatic rings. The van der Waals surface area contributed by atoms with Gasteiger partial charge in [0.15, 0.2) is 5.79 Å². The van der Waals surface area contributed by atoms with Gasteiger partial charge in [0.05, 0.1) is 19.3 Å². The molecule has 0 aromatic heterocycles. The summed E-state index contributed by atoms with van der Waals surface area (Å²) in [6.07, 6.45) is 2.71. The van der Waals surface area contributed by atoms with Crippen molar-refractivity contribution in [1.82, 2.24) is 10.2 Å². The van der Waals surface area contributed by atoms with Crippen molar-refractivity contribution in [3.05, 3.63) is 35.9 Å². The van der Waals surface area contributed by atoms with Crippen molar-refractivity contribution in [1.29, 1.82) is 0 Å². The summed E-state index contributed by atoms with van der Waals surface area (Å²) >= 11 is 0. The van der Waals surface area contributed by atoms with E-state index in [0.29, 0.717) is 38.1 Å². The fourth-order valence-electron chi connectivity index (χ4n) is 3.97. The Bertz CT molecular complexity index is 576. The van der Waals surface area contributed by atoms with Crippen LogP contribution in [-0.2, 0) is 9.47 Å². The van der Waals surface area contributed by atoms with Crippen LogP contribution < -0.4 is 5.32 Å². The van der Waals surface area contributed by atoms with Crippen molar-refractivity contribution in [2.45, 2.75) is 38.0 Å². The lowest BCUT2D eigenvalue weighted by Gasteiger charge is -2.38. The summed E-state index contributed by atoms with van der Waals surface area (Å²) in [4.78, 5) is 14.7. The number of ether oxygens (including phenoxy) is 2. The largest absolute Gasteiger partial charge is 0.347 e. The van der Waals surface area contributed by atoms with Crippen molar-refractivity contribution in [2.75, 3.05) is 26.3 Å². The van der Waals surface area contributed by atoms with Gasteiger partial charge < -0.3 is 19.7 Å². The Morgan fingerprint density at radius 3 is 2.42 bits per heavy atom. The number of likely N-dealkylation sites (tertiary alicyclic amines) is 1. The van der Waals surface area contributed by atoms with Gasteiger partial charge in [-0.25, -0.2) is 4.79 Å². The Labute approximate surface area is 143 Å². The lowest BCUT2D eigenvalue weighted by Crippen LogP contribution is -2.51. The first kappa shape index (κ1) is 15.9. The Kier molecular flexibility index (Phi) is 4.22. The van der Waals surface area contributed by atoms with Gasteiger partial charge in [-0.2, -0.15) is 0 Å². The van der Waals surface area contributed by atoms with Crippen molar-refractivity contribution in [3.8, 4) is 0 Å². The molecule has 0 bridgehead atoms. The minimum absolute atomic E-state index is 0.0378. The van der Waals surface area contributed by atoms with Gasteiger partial charge in [-0.15, -0.1) is 0 Å². The molecule has 0 radical (unpaired) electrons. The second kappa shape index (κ2) is 6.37. The SMILES string of the molecule is C[C@@H]1C[C@@H]1[C@@H](NC(=O)N1CCC2(CC1)OCCO2)c1ccccc1. The van der Waals surface area contributed by atoms with E-state index in [1.54, 1.807) is 0 Å². The summed E-state index contributed by atoms with van der Waals surface area (Å²) in [5.74, 6) is 0.801. The Balaban J connectivity index is 1.39. The van der Waals surface area contributed by atoms with E-state index in [1.807, 2.05) is 23.1 Å². The second-order valence-corrected chi connectivity index (χ2v) is 7.31. The molecule has 3 atom stereocenters. The Morgan fingerprint density at radius 1 is 1.21 bits per heavy atom. The summed E-state index contributed by atoms with van der Waals surface area (Å²) in [6.45, 7) is 4.97. The highest BCUT2D eigenvalue weighted by molar-refractivity contribution is 5.75. The predicted octanol–water partition coefficient (Wildman–Crippen LogP) is 2.93. The normalized spacial score (nSPS) is 29.5. The van der Waals surface area contributed by atoms with Crippen molar-refractivity contribution in [3.63, 3.8) is 0 Å². The highest BCUT2D eigenvalue weighted by Crippen LogP contribution is 2.47. The molecule has 1 aromatic carbocycles. The molecule has 3 fully saturated rings. The maximum atomic E-state index is 12.8. The zero-order valence-electron chi connectivity index (χ0n) is 14.2. The van der Waals surface area contributed by atoms with E-state index in [2.05, 4.69) is 24.4 Å². The highest BCUT2D eigenvalue weighted by atomic mass is 16.7. The number of benzene rings is 1. The fraction of sp³-hybridized carbons (Fsp3) is 0.632. The first-order chi connectivity index (χ1) is 11.7. The van der Waals surface area contributed by atoms with Crippen LogP contribution in [0, 0.1) is 11.8 Å². The second-order valence-electron chi connectivity index (χ2n) is 7.31. The summed E-state index contributed by atoms with van der Waals surface area (Å²) < 4.78 is 11.5. The first-order valence-corrected chi connectivity index (χ1v) is 9.05. The zero-order chi connectivity index (χ0) is 16.6. The number of amides is 2. The van der Waals surface area contributed by atoms with Crippen LogP contribution in [0.5, 0.6) is 0 Å². The summed E-state index contributed by atoms with van der Waals surface area (Å²) in [6, 6.07) is 10.5. The van der Waals surface area contributed by atoms with Gasteiger partial charge in [0.25, 0.3) is 0 Å². The maximum absolute atomic E-state index is 12.8. The summed E-state index contributed by atoms with van der Waals surface area (Å²) in [5, 5.41) is 3.28. The molecule has 4 rings (SSSR count). The monoisotopic (exact) mass is 330 g/mol. The van der Waals surface area contributed by atoms with Gasteiger partial charge in [-0.1, -0.05) is 37.3 Å². The molecule has 130 valence electrons. The molecule has 1 aromatic rings. The molecule has 2 aliphatic heterocycles. The lowest BCUT2D eigenvalue weighted by molar-refractivity contribution is -0.181. The predicted molar refractivity (Wildman–Crippen MR) is 90.4 cm³/mol. The van der Waals surface area contributed by atoms with Crippen LogP contribution in [0.25, 0.3) is 0 Å². The minimum atomic E-state index is -0.430. The van der Waals surface area contributed by atoms with Crippen LogP contribution in [0.4, 0.5) is 4.79 Å². The topological polar surface area (TPSA) is 50.8 Å². The molecule has 24 heavy (non-hydrogen) atoms. The van der Waals surface area contributed by atoms with E-state index in [0.717, 1.165) is 12.8 Å². The molecule has 2 saturated heterocycles. The highest BCUT2D eigenvalue weighted by Gasteiger charge is 2.43. The van der Waals surface area contributed by atoms with E-state index < -0.39 is 5.79 Å². The number of carbonyl (C=O) groups is 1.